The van der Waals surface area contributed by atoms with Crippen LogP contribution in [-0.2, 0) is 0 Å². The molecule has 20 heteroatoms. The fourth-order valence-corrected chi connectivity index (χ4v) is 30.6. The molecule has 0 spiro atoms. The fourth-order valence-electron chi connectivity index (χ4n) is 9.85. The van der Waals surface area contributed by atoms with Gasteiger partial charge in [0.15, 0.2) is 0 Å². The van der Waals surface area contributed by atoms with Crippen molar-refractivity contribution in [2.24, 2.45) is 0 Å². The molecule has 6 heterocycles. The van der Waals surface area contributed by atoms with Crippen LogP contribution in [0.5, 0.6) is 0 Å². The number of aromatic nitrogens is 8. The van der Waals surface area contributed by atoms with E-state index >= 15 is 0 Å². The van der Waals surface area contributed by atoms with Crippen LogP contribution >= 0.6 is 61.8 Å². The molecule has 0 radical (unpaired) electrons. The maximum absolute atomic E-state index is 13.6. The first kappa shape index (κ1) is 62.4. The number of nitrogens with two attached hydrogens (primary N) is 2. The summed E-state index contributed by atoms with van der Waals surface area (Å²) in [4.78, 5) is 53.3. The van der Waals surface area contributed by atoms with E-state index in [1.807, 2.05) is 122 Å². The quantitative estimate of drug-likeness (QED) is 0.0560. The van der Waals surface area contributed by atoms with Crippen LogP contribution in [0.2, 0.25) is 23.4 Å². The molecular formula is C61H69BrCl2N12O2S2Sn. The number of thiazole rings is 2. The Labute approximate surface area is 504 Å². The van der Waals surface area contributed by atoms with Gasteiger partial charge in [-0.15, -0.1) is 11.3 Å². The summed E-state index contributed by atoms with van der Waals surface area (Å²) in [5, 5.41) is 10.1. The van der Waals surface area contributed by atoms with Crippen LogP contribution in [-0.4, -0.2) is 57.4 Å². The zero-order valence-corrected chi connectivity index (χ0v) is 53.0. The number of fused-ring (bicyclic) bond motifs is 2. The third-order valence-corrected chi connectivity index (χ3v) is 35.0. The SMILES string of the molecule is C.CCC[CH2][Sn]([CH2]CCC)([CH2]CCC)[c]1cncs1.C[C@H](Nc1nc(N)ncc1-c1cncs1)c1cc2cccc(Cl)c2c(=O)n1-c1ccccc1.C[C@H](Nc1nc(N)ncc1Br)c1cc2cccc(Cl)c2c(=O)n1-c1ccccc1. The zero-order chi connectivity index (χ0) is 56.8. The average Bonchev–Trinajstić information content (AvgIpc) is 4.29. The Morgan fingerprint density at radius 1 is 0.605 bits per heavy atom. The van der Waals surface area contributed by atoms with Crippen molar-refractivity contribution < 1.29 is 0 Å². The van der Waals surface area contributed by atoms with Crippen molar-refractivity contribution in [1.29, 1.82) is 0 Å². The molecular weight excluding hydrogens is 1270 g/mol. The predicted octanol–water partition coefficient (Wildman–Crippen LogP) is 16.1. The van der Waals surface area contributed by atoms with E-state index in [-0.39, 0.29) is 42.5 Å². The molecule has 0 saturated heterocycles. The van der Waals surface area contributed by atoms with Gasteiger partial charge in [0.1, 0.15) is 11.6 Å². The summed E-state index contributed by atoms with van der Waals surface area (Å²) in [5.41, 5.74) is 18.9. The van der Waals surface area contributed by atoms with Crippen molar-refractivity contribution in [1.82, 2.24) is 39.0 Å². The molecule has 14 nitrogen and oxygen atoms in total. The Morgan fingerprint density at radius 2 is 1.06 bits per heavy atom. The minimum absolute atomic E-state index is 0. The van der Waals surface area contributed by atoms with Gasteiger partial charge in [0.05, 0.1) is 53.3 Å². The summed E-state index contributed by atoms with van der Waals surface area (Å²) < 4.78 is 10.5. The van der Waals surface area contributed by atoms with Crippen LogP contribution in [0.25, 0.3) is 43.4 Å². The van der Waals surface area contributed by atoms with Crippen molar-refractivity contribution in [3.63, 3.8) is 0 Å². The van der Waals surface area contributed by atoms with Crippen molar-refractivity contribution >= 4 is 128 Å². The second kappa shape index (κ2) is 29.7. The first-order chi connectivity index (χ1) is 38.8. The van der Waals surface area contributed by atoms with Gasteiger partial charge < -0.3 is 22.1 Å². The first-order valence-electron chi connectivity index (χ1n) is 26.8. The summed E-state index contributed by atoms with van der Waals surface area (Å²) in [5.74, 6) is 1.43. The zero-order valence-electron chi connectivity index (χ0n) is 45.4. The van der Waals surface area contributed by atoms with Gasteiger partial charge in [-0.05, 0) is 89.1 Å². The normalized spacial score (nSPS) is 11.9. The van der Waals surface area contributed by atoms with Crippen molar-refractivity contribution in [2.75, 3.05) is 22.1 Å². The molecule has 4 aromatic carbocycles. The predicted molar refractivity (Wildman–Crippen MR) is 348 cm³/mol. The van der Waals surface area contributed by atoms with Crippen LogP contribution in [0.15, 0.2) is 159 Å². The smallest absolute Gasteiger partial charge is 0.264 e. The number of nitrogens with zero attached hydrogens (tertiary/aromatic N) is 8. The number of hydrogen-bond acceptors (Lipinski definition) is 14. The Kier molecular flexibility index (Phi) is 22.8. The third kappa shape index (κ3) is 15.1. The molecule has 0 aliphatic heterocycles. The molecule has 6 aromatic heterocycles. The Balaban J connectivity index is 0.000000182. The number of pyridine rings is 2. The van der Waals surface area contributed by atoms with Crippen LogP contribution < -0.4 is 36.1 Å². The number of nitrogens with one attached hydrogen (secondary N) is 2. The summed E-state index contributed by atoms with van der Waals surface area (Å²) in [6.45, 7) is 10.9. The van der Waals surface area contributed by atoms with Gasteiger partial charge in [-0.2, -0.15) is 9.97 Å². The molecule has 0 aliphatic carbocycles. The number of halogens is 3. The van der Waals surface area contributed by atoms with Gasteiger partial charge in [0.25, 0.3) is 11.1 Å². The van der Waals surface area contributed by atoms with Gasteiger partial charge in [-0.1, -0.05) is 91.3 Å². The number of para-hydroxylation sites is 2. The Bertz CT molecular complexity index is 3740. The minimum atomic E-state index is -2.08. The molecule has 0 fully saturated rings. The summed E-state index contributed by atoms with van der Waals surface area (Å²) in [7, 11) is 0. The summed E-state index contributed by atoms with van der Waals surface area (Å²) in [6.07, 6.45) is 15.7. The molecule has 10 aromatic rings. The molecule has 2 atom stereocenters. The van der Waals surface area contributed by atoms with Gasteiger partial charge in [0, 0.05) is 41.4 Å². The maximum Gasteiger partial charge on any atom is 0.264 e. The summed E-state index contributed by atoms with van der Waals surface area (Å²) in [6, 6.07) is 33.2. The molecule has 422 valence electrons. The van der Waals surface area contributed by atoms with E-state index in [1.165, 1.54) is 49.9 Å². The third-order valence-electron chi connectivity index (χ3n) is 13.9. The van der Waals surface area contributed by atoms with E-state index in [0.29, 0.717) is 36.9 Å². The van der Waals surface area contributed by atoms with Crippen LogP contribution in [0.1, 0.15) is 104 Å². The van der Waals surface area contributed by atoms with E-state index in [2.05, 4.69) is 88.9 Å². The standard InChI is InChI=1S/C24H19ClN6OS.C21H17BrClN5O.3C4H9.C3H2NS.CH4.Sn/c1-14(29-22-17(11-28-24(26)30-22)20-12-27-13-33-20)19-10-15-6-5-9-18(25)21(15)23(32)31(19)16-7-3-2-4-8-16;1-12(26-19-15(22)11-25-21(24)27-19)17-10-13-6-5-9-16(23)18(13)20(29)28(17)14-7-3-2-4-8-14;3*1-3-4-2;1-2-5-3-4-1;;/h2-14H,1H3,(H3,26,28,29,30);2-12H,1H3,(H3,24,25,26,27);3*1,3-4H2,2H3;1,3H;1H4;/t14-;12-;;;;;;/m00....../s1. The summed E-state index contributed by atoms with van der Waals surface area (Å²) >= 11 is 17.6. The monoisotopic (exact) mass is 1330 g/mol. The number of anilines is 4. The minimum Gasteiger partial charge on any atom is -0.368 e. The number of hydrogen-bond donors (Lipinski definition) is 4. The first-order valence-corrected chi connectivity index (χ1v) is 37.6. The molecule has 0 unspecified atom stereocenters. The fraction of sp³-hybridized carbons (Fsp3) is 0.279. The van der Waals surface area contributed by atoms with Crippen molar-refractivity contribution in [3.05, 3.63) is 192 Å². The molecule has 81 heavy (non-hydrogen) atoms. The van der Waals surface area contributed by atoms with E-state index < -0.39 is 18.4 Å². The molecule has 10 rings (SSSR count). The molecule has 0 amide bonds. The molecule has 0 bridgehead atoms. The van der Waals surface area contributed by atoms with Gasteiger partial charge >= 0.3 is 122 Å². The van der Waals surface area contributed by atoms with Crippen LogP contribution in [0.3, 0.4) is 0 Å². The molecule has 0 saturated carbocycles. The largest absolute Gasteiger partial charge is 0.368 e. The van der Waals surface area contributed by atoms with Gasteiger partial charge in [-0.25, -0.2) is 9.97 Å². The maximum atomic E-state index is 13.6. The Hall–Kier alpha value is -6.22. The Morgan fingerprint density at radius 3 is 1.52 bits per heavy atom. The number of rotatable bonds is 19. The van der Waals surface area contributed by atoms with Crippen LogP contribution in [0.4, 0.5) is 23.5 Å². The second-order valence-corrected chi connectivity index (χ2v) is 37.1. The van der Waals surface area contributed by atoms with Crippen molar-refractivity contribution in [3.8, 4) is 21.8 Å². The van der Waals surface area contributed by atoms with E-state index in [0.717, 1.165) is 44.0 Å². The number of nitrogen functional groups attached to an aromatic ring is 2. The van der Waals surface area contributed by atoms with E-state index in [1.54, 1.807) is 61.6 Å². The molecule has 0 aliphatic rings. The number of unbranched alkanes of at least 4 members (excludes halogenated alkanes) is 3. The van der Waals surface area contributed by atoms with Crippen molar-refractivity contribution in [2.45, 2.75) is 106 Å². The molecule has 6 N–H and O–H groups in total. The second-order valence-electron chi connectivity index (χ2n) is 19.5. The number of benzene rings is 4. The van der Waals surface area contributed by atoms with Gasteiger partial charge in [-0.3, -0.25) is 23.7 Å². The average molecular weight is 1340 g/mol. The van der Waals surface area contributed by atoms with Gasteiger partial charge in [0.2, 0.25) is 11.9 Å². The van der Waals surface area contributed by atoms with E-state index in [9.17, 15) is 9.59 Å². The van der Waals surface area contributed by atoms with E-state index in [4.69, 9.17) is 34.7 Å². The van der Waals surface area contributed by atoms with Crippen LogP contribution in [0, 0.1) is 0 Å². The topological polar surface area (TPSA) is 197 Å².